The number of aliphatic imine (C=N–C) groups is 1. The first-order valence-electron chi connectivity index (χ1n) is 9.63. The summed E-state index contributed by atoms with van der Waals surface area (Å²) in [7, 11) is 1.91. The number of hydrogen-bond acceptors (Lipinski definition) is 4. The highest BCUT2D eigenvalue weighted by Crippen LogP contribution is 1.99. The van der Waals surface area contributed by atoms with Gasteiger partial charge in [-0.25, -0.2) is 0 Å². The zero-order valence-corrected chi connectivity index (χ0v) is 17.2. The molecule has 0 spiro atoms. The first-order chi connectivity index (χ1) is 12.5. The lowest BCUT2D eigenvalue weighted by atomic mass is 10.3. The highest BCUT2D eigenvalue weighted by Gasteiger charge is 2.16. The van der Waals surface area contributed by atoms with Crippen LogP contribution in [-0.4, -0.2) is 75.7 Å². The van der Waals surface area contributed by atoms with Crippen LogP contribution in [0.4, 0.5) is 0 Å². The van der Waals surface area contributed by atoms with Gasteiger partial charge in [-0.2, -0.15) is 0 Å². The maximum Gasteiger partial charge on any atom is 0.242 e. The van der Waals surface area contributed by atoms with Crippen molar-refractivity contribution < 1.29 is 4.79 Å². The number of hydrogen-bond donors (Lipinski definition) is 1. The Labute approximate surface area is 157 Å². The summed E-state index contributed by atoms with van der Waals surface area (Å²) >= 11 is 0. The summed E-state index contributed by atoms with van der Waals surface area (Å²) in [4.78, 5) is 20.8. The summed E-state index contributed by atoms with van der Waals surface area (Å²) in [6.07, 6.45) is 3.58. The fourth-order valence-corrected chi connectivity index (χ4v) is 2.56. The number of aromatic nitrogens is 3. The fraction of sp³-hybridized carbons (Fsp3) is 0.778. The van der Waals surface area contributed by atoms with Crippen LogP contribution in [0.2, 0.25) is 0 Å². The highest BCUT2D eigenvalue weighted by atomic mass is 16.2. The second-order valence-corrected chi connectivity index (χ2v) is 6.38. The summed E-state index contributed by atoms with van der Waals surface area (Å²) in [6.45, 7) is 13.4. The zero-order valence-electron chi connectivity index (χ0n) is 17.2. The molecule has 1 atom stereocenters. The van der Waals surface area contributed by atoms with Gasteiger partial charge < -0.3 is 19.7 Å². The Bertz CT molecular complexity index is 566. The molecule has 1 unspecified atom stereocenters. The molecule has 0 aliphatic carbocycles. The molecule has 0 aliphatic rings. The average molecular weight is 366 g/mol. The molecule has 0 bridgehead atoms. The Morgan fingerprint density at radius 2 is 2.00 bits per heavy atom. The van der Waals surface area contributed by atoms with Gasteiger partial charge in [0.25, 0.3) is 0 Å². The molecule has 1 N–H and O–H groups in total. The first-order valence-corrected chi connectivity index (χ1v) is 9.63. The van der Waals surface area contributed by atoms with E-state index in [1.54, 1.807) is 6.33 Å². The molecule has 8 nitrogen and oxygen atoms in total. The molecule has 1 aromatic rings. The van der Waals surface area contributed by atoms with Gasteiger partial charge in [-0.05, 0) is 27.2 Å². The molecule has 26 heavy (non-hydrogen) atoms. The number of likely N-dealkylation sites (N-methyl/N-ethyl adjacent to an activating group) is 2. The van der Waals surface area contributed by atoms with Gasteiger partial charge in [-0.1, -0.05) is 13.8 Å². The maximum absolute atomic E-state index is 12.4. The van der Waals surface area contributed by atoms with Crippen molar-refractivity contribution in [2.24, 2.45) is 4.99 Å². The molecule has 1 amide bonds. The molecule has 0 aromatic carbocycles. The van der Waals surface area contributed by atoms with Crippen LogP contribution in [-0.2, 0) is 17.8 Å². The zero-order chi connectivity index (χ0) is 19.5. The standard InChI is InChI=1S/C18H35N7O/c1-7-15(5)21-18(23(6)13-17(26)24(9-3)10-4)19-11-12-25-14-20-22-16(25)8-2/h14-15H,7-13H2,1-6H3,(H,19,21). The van der Waals surface area contributed by atoms with E-state index in [1.165, 1.54) is 0 Å². The minimum Gasteiger partial charge on any atom is -0.354 e. The van der Waals surface area contributed by atoms with Gasteiger partial charge in [0.2, 0.25) is 5.91 Å². The number of guanidine groups is 1. The molecular formula is C18H35N7O. The molecule has 8 heteroatoms. The van der Waals surface area contributed by atoms with Crippen LogP contribution in [0, 0.1) is 0 Å². The molecule has 1 heterocycles. The van der Waals surface area contributed by atoms with Crippen LogP contribution in [0.1, 0.15) is 46.9 Å². The largest absolute Gasteiger partial charge is 0.354 e. The number of amides is 1. The topological polar surface area (TPSA) is 78.6 Å². The third-order valence-electron chi connectivity index (χ3n) is 4.45. The molecule has 0 aliphatic heterocycles. The number of carbonyl (C=O) groups excluding carboxylic acids is 1. The minimum absolute atomic E-state index is 0.114. The molecule has 0 saturated carbocycles. The Morgan fingerprint density at radius 3 is 2.58 bits per heavy atom. The van der Waals surface area contributed by atoms with Crippen molar-refractivity contribution in [1.82, 2.24) is 29.9 Å². The third kappa shape index (κ3) is 6.65. The van der Waals surface area contributed by atoms with Gasteiger partial charge in [-0.3, -0.25) is 9.79 Å². The normalized spacial score (nSPS) is 12.8. The van der Waals surface area contributed by atoms with Crippen molar-refractivity contribution in [3.63, 3.8) is 0 Å². The second kappa shape index (κ2) is 11.5. The Kier molecular flexibility index (Phi) is 9.69. The van der Waals surface area contributed by atoms with Gasteiger partial charge in [-0.15, -0.1) is 10.2 Å². The van der Waals surface area contributed by atoms with Crippen molar-refractivity contribution in [3.05, 3.63) is 12.2 Å². The predicted molar refractivity (Wildman–Crippen MR) is 105 cm³/mol. The van der Waals surface area contributed by atoms with E-state index in [4.69, 9.17) is 4.99 Å². The van der Waals surface area contributed by atoms with Crippen LogP contribution in [0.25, 0.3) is 0 Å². The van der Waals surface area contributed by atoms with E-state index >= 15 is 0 Å². The number of carbonyl (C=O) groups is 1. The molecule has 148 valence electrons. The number of nitrogens with zero attached hydrogens (tertiary/aromatic N) is 6. The van der Waals surface area contributed by atoms with E-state index in [2.05, 4.69) is 36.3 Å². The van der Waals surface area contributed by atoms with E-state index in [9.17, 15) is 4.79 Å². The summed E-state index contributed by atoms with van der Waals surface area (Å²) in [5, 5.41) is 11.5. The fourth-order valence-electron chi connectivity index (χ4n) is 2.56. The van der Waals surface area contributed by atoms with Gasteiger partial charge in [0.05, 0.1) is 13.1 Å². The lowest BCUT2D eigenvalue weighted by molar-refractivity contribution is -0.131. The monoisotopic (exact) mass is 365 g/mol. The van der Waals surface area contributed by atoms with Crippen molar-refractivity contribution in [1.29, 1.82) is 0 Å². The van der Waals surface area contributed by atoms with Crippen LogP contribution in [0.3, 0.4) is 0 Å². The smallest absolute Gasteiger partial charge is 0.242 e. The highest BCUT2D eigenvalue weighted by molar-refractivity contribution is 5.86. The van der Waals surface area contributed by atoms with Crippen LogP contribution < -0.4 is 5.32 Å². The lowest BCUT2D eigenvalue weighted by Crippen LogP contribution is -2.48. The molecule has 0 radical (unpaired) electrons. The van der Waals surface area contributed by atoms with Gasteiger partial charge in [0.1, 0.15) is 12.2 Å². The SMILES string of the molecule is CCc1nncn1CCN=C(NC(C)CC)N(C)CC(=O)N(CC)CC. The van der Waals surface area contributed by atoms with Crippen LogP contribution in [0.15, 0.2) is 11.3 Å². The molecule has 1 aromatic heterocycles. The minimum atomic E-state index is 0.114. The van der Waals surface area contributed by atoms with Crippen molar-refractivity contribution in [3.8, 4) is 0 Å². The first kappa shape index (κ1) is 21.9. The van der Waals surface area contributed by atoms with E-state index in [0.29, 0.717) is 19.1 Å². The number of nitrogens with one attached hydrogen (secondary N) is 1. The van der Waals surface area contributed by atoms with Gasteiger partial charge in [0, 0.05) is 39.1 Å². The maximum atomic E-state index is 12.4. The molecular weight excluding hydrogens is 330 g/mol. The number of aryl methyl sites for hydroxylation is 1. The molecule has 0 fully saturated rings. The number of rotatable bonds is 10. The average Bonchev–Trinajstić information content (AvgIpc) is 3.09. The summed E-state index contributed by atoms with van der Waals surface area (Å²) in [5.74, 6) is 1.83. The summed E-state index contributed by atoms with van der Waals surface area (Å²) < 4.78 is 2.02. The lowest BCUT2D eigenvalue weighted by Gasteiger charge is -2.27. The summed E-state index contributed by atoms with van der Waals surface area (Å²) in [6, 6.07) is 0.292. The van der Waals surface area contributed by atoms with Crippen molar-refractivity contribution >= 4 is 11.9 Å². The van der Waals surface area contributed by atoms with Gasteiger partial charge in [0.15, 0.2) is 5.96 Å². The van der Waals surface area contributed by atoms with Crippen molar-refractivity contribution in [2.45, 2.75) is 60.0 Å². The Morgan fingerprint density at radius 1 is 1.31 bits per heavy atom. The van der Waals surface area contributed by atoms with E-state index in [1.807, 2.05) is 35.3 Å². The van der Waals surface area contributed by atoms with E-state index in [0.717, 1.165) is 44.3 Å². The quantitative estimate of drug-likeness (QED) is 0.501. The Hall–Kier alpha value is -2.12. The third-order valence-corrected chi connectivity index (χ3v) is 4.45. The van der Waals surface area contributed by atoms with Crippen LogP contribution >= 0.6 is 0 Å². The summed E-state index contributed by atoms with van der Waals surface area (Å²) in [5.41, 5.74) is 0. The van der Waals surface area contributed by atoms with Crippen LogP contribution in [0.5, 0.6) is 0 Å². The molecule has 1 rings (SSSR count). The van der Waals surface area contributed by atoms with E-state index < -0.39 is 0 Å². The molecule has 0 saturated heterocycles. The Balaban J connectivity index is 2.77. The van der Waals surface area contributed by atoms with E-state index in [-0.39, 0.29) is 5.91 Å². The second-order valence-electron chi connectivity index (χ2n) is 6.38. The predicted octanol–water partition coefficient (Wildman–Crippen LogP) is 1.38. The van der Waals surface area contributed by atoms with Crippen molar-refractivity contribution in [2.75, 3.05) is 33.2 Å². The van der Waals surface area contributed by atoms with Gasteiger partial charge >= 0.3 is 0 Å².